The van der Waals surface area contributed by atoms with Crippen LogP contribution in [0.2, 0.25) is 5.02 Å². The first-order valence-corrected chi connectivity index (χ1v) is 8.31. The fourth-order valence-corrected chi connectivity index (χ4v) is 3.59. The Morgan fingerprint density at radius 1 is 1.15 bits per heavy atom. The van der Waals surface area contributed by atoms with Crippen LogP contribution in [0, 0.1) is 5.92 Å². The van der Waals surface area contributed by atoms with E-state index in [1.165, 1.54) is 24.8 Å². The normalized spacial score (nSPS) is 16.1. The molecule has 0 aliphatic carbocycles. The predicted octanol–water partition coefficient (Wildman–Crippen LogP) is 5.42. The maximum Gasteiger partial charge on any atom is 0.0406 e. The van der Waals surface area contributed by atoms with Gasteiger partial charge in [0.25, 0.3) is 0 Å². The molecule has 114 valence electrons. The Kier molecular flexibility index (Phi) is 7.05. The molecule has 1 rings (SSSR count). The molecule has 2 heteroatoms. The minimum absolute atomic E-state index is 0.207. The van der Waals surface area contributed by atoms with Gasteiger partial charge in [0.05, 0.1) is 0 Å². The molecule has 1 aromatic rings. The molecule has 1 nitrogen and oxygen atoms in total. The molecule has 20 heavy (non-hydrogen) atoms. The van der Waals surface area contributed by atoms with Crippen LogP contribution in [0.3, 0.4) is 0 Å². The summed E-state index contributed by atoms with van der Waals surface area (Å²) in [5.74, 6) is 0.697. The molecule has 1 aromatic carbocycles. The topological polar surface area (TPSA) is 12.0 Å². The van der Waals surface area contributed by atoms with Crippen molar-refractivity contribution in [3.8, 4) is 0 Å². The van der Waals surface area contributed by atoms with E-state index in [9.17, 15) is 0 Å². The monoisotopic (exact) mass is 295 g/mol. The van der Waals surface area contributed by atoms with Crippen LogP contribution in [0.15, 0.2) is 24.3 Å². The second-order valence-electron chi connectivity index (χ2n) is 6.24. The number of halogens is 1. The van der Waals surface area contributed by atoms with Crippen LogP contribution < -0.4 is 5.32 Å². The highest BCUT2D eigenvalue weighted by molar-refractivity contribution is 6.30. The summed E-state index contributed by atoms with van der Waals surface area (Å²) >= 11 is 6.06. The van der Waals surface area contributed by atoms with Gasteiger partial charge in [-0.05, 0) is 49.9 Å². The number of hydrogen-bond donors (Lipinski definition) is 1. The summed E-state index contributed by atoms with van der Waals surface area (Å²) in [6.07, 6.45) is 4.77. The molecule has 0 saturated carbocycles. The minimum Gasteiger partial charge on any atom is -0.316 e. The van der Waals surface area contributed by atoms with E-state index in [2.05, 4.69) is 52.2 Å². The smallest absolute Gasteiger partial charge is 0.0406 e. The Morgan fingerprint density at radius 3 is 2.15 bits per heavy atom. The van der Waals surface area contributed by atoms with Crippen molar-refractivity contribution < 1.29 is 0 Å². The van der Waals surface area contributed by atoms with E-state index >= 15 is 0 Å². The van der Waals surface area contributed by atoms with Crippen molar-refractivity contribution in [2.24, 2.45) is 5.92 Å². The van der Waals surface area contributed by atoms with Gasteiger partial charge in [0.2, 0.25) is 0 Å². The molecular weight excluding hydrogens is 266 g/mol. The van der Waals surface area contributed by atoms with Crippen LogP contribution in [0.5, 0.6) is 0 Å². The molecule has 0 aliphatic rings. The van der Waals surface area contributed by atoms with Gasteiger partial charge in [-0.15, -0.1) is 0 Å². The summed E-state index contributed by atoms with van der Waals surface area (Å²) in [6.45, 7) is 9.20. The molecule has 2 atom stereocenters. The summed E-state index contributed by atoms with van der Waals surface area (Å²) in [5, 5.41) is 4.41. The van der Waals surface area contributed by atoms with Crippen LogP contribution in [0.1, 0.15) is 58.9 Å². The summed E-state index contributed by atoms with van der Waals surface area (Å²) in [7, 11) is 2.10. The highest BCUT2D eigenvalue weighted by Crippen LogP contribution is 2.39. The fourth-order valence-electron chi connectivity index (χ4n) is 3.47. The third-order valence-corrected chi connectivity index (χ3v) is 4.72. The van der Waals surface area contributed by atoms with E-state index in [1.54, 1.807) is 0 Å². The third kappa shape index (κ3) is 3.99. The lowest BCUT2D eigenvalue weighted by molar-refractivity contribution is 0.240. The Bertz CT molecular complexity index is 385. The zero-order valence-electron chi connectivity index (χ0n) is 13.7. The maximum atomic E-state index is 6.06. The lowest BCUT2D eigenvalue weighted by atomic mass is 9.67. The number of benzene rings is 1. The average molecular weight is 296 g/mol. The van der Waals surface area contributed by atoms with Gasteiger partial charge in [0.15, 0.2) is 0 Å². The summed E-state index contributed by atoms with van der Waals surface area (Å²) in [6, 6.07) is 8.99. The van der Waals surface area contributed by atoms with Crippen molar-refractivity contribution >= 4 is 11.6 Å². The molecule has 0 radical (unpaired) electrons. The van der Waals surface area contributed by atoms with Crippen LogP contribution in [0.25, 0.3) is 0 Å². The first-order valence-electron chi connectivity index (χ1n) is 7.93. The highest BCUT2D eigenvalue weighted by Gasteiger charge is 2.37. The van der Waals surface area contributed by atoms with Crippen molar-refractivity contribution in [3.63, 3.8) is 0 Å². The van der Waals surface area contributed by atoms with Crippen molar-refractivity contribution in [2.75, 3.05) is 7.05 Å². The molecule has 0 aromatic heterocycles. The number of rotatable bonds is 8. The quantitative estimate of drug-likeness (QED) is 0.675. The van der Waals surface area contributed by atoms with Gasteiger partial charge in [-0.2, -0.15) is 0 Å². The molecule has 1 N–H and O–H groups in total. The third-order valence-electron chi connectivity index (χ3n) is 4.47. The molecule has 0 spiro atoms. The lowest BCUT2D eigenvalue weighted by Gasteiger charge is -2.42. The van der Waals surface area contributed by atoms with Crippen LogP contribution in [0.4, 0.5) is 0 Å². The van der Waals surface area contributed by atoms with Crippen molar-refractivity contribution in [1.82, 2.24) is 5.32 Å². The fraction of sp³-hybridized carbons (Fsp3) is 0.667. The van der Waals surface area contributed by atoms with Crippen LogP contribution in [-0.4, -0.2) is 13.1 Å². The van der Waals surface area contributed by atoms with Gasteiger partial charge >= 0.3 is 0 Å². The largest absolute Gasteiger partial charge is 0.316 e. The molecule has 0 fully saturated rings. The van der Waals surface area contributed by atoms with Gasteiger partial charge in [-0.1, -0.05) is 57.8 Å². The summed E-state index contributed by atoms with van der Waals surface area (Å²) < 4.78 is 0. The molecule has 0 amide bonds. The zero-order valence-corrected chi connectivity index (χ0v) is 14.4. The number of likely N-dealkylation sites (N-methyl/N-ethyl adjacent to an activating group) is 1. The predicted molar refractivity (Wildman–Crippen MR) is 90.6 cm³/mol. The Balaban J connectivity index is 3.21. The van der Waals surface area contributed by atoms with Crippen LogP contribution >= 0.6 is 11.6 Å². The first-order chi connectivity index (χ1) is 9.50. The summed E-state index contributed by atoms with van der Waals surface area (Å²) in [5.41, 5.74) is 1.63. The number of nitrogens with one attached hydrogen (secondary N) is 1. The molecule has 0 heterocycles. The summed E-state index contributed by atoms with van der Waals surface area (Å²) in [4.78, 5) is 0. The van der Waals surface area contributed by atoms with E-state index in [0.29, 0.717) is 12.0 Å². The van der Waals surface area contributed by atoms with E-state index in [1.807, 2.05) is 12.1 Å². The van der Waals surface area contributed by atoms with Gasteiger partial charge in [-0.3, -0.25) is 0 Å². The maximum absolute atomic E-state index is 6.06. The Morgan fingerprint density at radius 2 is 1.75 bits per heavy atom. The average Bonchev–Trinajstić information content (AvgIpc) is 2.43. The van der Waals surface area contributed by atoms with Crippen LogP contribution in [-0.2, 0) is 5.41 Å². The Labute approximate surface area is 130 Å². The molecule has 2 unspecified atom stereocenters. The zero-order chi connectivity index (χ0) is 15.2. The SMILES string of the molecule is CCCC(CC)(c1ccc(Cl)cc1)C(CC(C)C)NC. The van der Waals surface area contributed by atoms with Gasteiger partial charge in [0, 0.05) is 16.5 Å². The second-order valence-corrected chi connectivity index (χ2v) is 6.67. The van der Waals surface area contributed by atoms with Crippen molar-refractivity contribution in [2.45, 2.75) is 64.8 Å². The molecule has 0 saturated heterocycles. The van der Waals surface area contributed by atoms with Crippen molar-refractivity contribution in [1.29, 1.82) is 0 Å². The van der Waals surface area contributed by atoms with Gasteiger partial charge in [0.1, 0.15) is 0 Å². The second kappa shape index (κ2) is 8.05. The van der Waals surface area contributed by atoms with Gasteiger partial charge in [-0.25, -0.2) is 0 Å². The lowest BCUT2D eigenvalue weighted by Crippen LogP contribution is -2.47. The first kappa shape index (κ1) is 17.5. The molecule has 0 aliphatic heterocycles. The highest BCUT2D eigenvalue weighted by atomic mass is 35.5. The van der Waals surface area contributed by atoms with E-state index in [0.717, 1.165) is 11.4 Å². The minimum atomic E-state index is 0.207. The van der Waals surface area contributed by atoms with E-state index in [-0.39, 0.29) is 5.41 Å². The Hall–Kier alpha value is -0.530. The standard InChI is InChI=1S/C18H30ClN/c1-6-12-18(7-2,17(20-5)13-14(3)4)15-8-10-16(19)11-9-15/h8-11,14,17,20H,6-7,12-13H2,1-5H3. The molecule has 0 bridgehead atoms. The van der Waals surface area contributed by atoms with Gasteiger partial charge < -0.3 is 5.32 Å². The van der Waals surface area contributed by atoms with E-state index < -0.39 is 0 Å². The van der Waals surface area contributed by atoms with E-state index in [4.69, 9.17) is 11.6 Å². The number of hydrogen-bond acceptors (Lipinski definition) is 1. The van der Waals surface area contributed by atoms with Crippen molar-refractivity contribution in [3.05, 3.63) is 34.9 Å². The molecular formula is C18H30ClN.